The zero-order valence-corrected chi connectivity index (χ0v) is 17.2. The summed E-state index contributed by atoms with van der Waals surface area (Å²) in [5, 5.41) is 6.57. The molecule has 0 aliphatic heterocycles. The Labute approximate surface area is 190 Å². The van der Waals surface area contributed by atoms with Crippen molar-refractivity contribution >= 4 is 11.9 Å². The van der Waals surface area contributed by atoms with Crippen LogP contribution in [0.5, 0.6) is 5.88 Å². The number of hydrogen-bond acceptors (Lipinski definition) is 7. The molecular weight excluding hydrogens is 453 g/mol. The van der Waals surface area contributed by atoms with Crippen molar-refractivity contribution in [2.24, 2.45) is 0 Å². The highest BCUT2D eigenvalue weighted by molar-refractivity contribution is 5.97. The first-order chi connectivity index (χ1) is 16.3. The first-order valence-electron chi connectivity index (χ1n) is 9.75. The highest BCUT2D eigenvalue weighted by Crippen LogP contribution is 2.25. The molecule has 0 aliphatic carbocycles. The molecule has 1 N–H and O–H groups in total. The number of alkyl halides is 3. The predicted octanol–water partition coefficient (Wildman–Crippen LogP) is 3.04. The number of carbonyl (C=O) groups excluding carboxylic acids is 2. The van der Waals surface area contributed by atoms with Gasteiger partial charge in [-0.1, -0.05) is 36.4 Å². The number of nitrogens with zero attached hydrogens (tertiary/aromatic N) is 5. The fourth-order valence-corrected chi connectivity index (χ4v) is 2.96. The van der Waals surface area contributed by atoms with Crippen LogP contribution >= 0.6 is 0 Å². The van der Waals surface area contributed by atoms with Gasteiger partial charge in [0.1, 0.15) is 5.56 Å². The molecule has 9 nitrogen and oxygen atoms in total. The molecule has 0 aliphatic rings. The van der Waals surface area contributed by atoms with Crippen molar-refractivity contribution in [1.29, 1.82) is 0 Å². The second-order valence-electron chi connectivity index (χ2n) is 6.80. The van der Waals surface area contributed by atoms with Gasteiger partial charge in [-0.05, 0) is 23.8 Å². The van der Waals surface area contributed by atoms with Gasteiger partial charge >= 0.3 is 12.1 Å². The minimum Gasteiger partial charge on any atom is -0.400 e. The van der Waals surface area contributed by atoms with Gasteiger partial charge in [-0.15, -0.1) is 0 Å². The van der Waals surface area contributed by atoms with Gasteiger partial charge in [0, 0.05) is 24.8 Å². The van der Waals surface area contributed by atoms with E-state index < -0.39 is 35.5 Å². The van der Waals surface area contributed by atoms with Crippen LogP contribution in [0.4, 0.5) is 13.2 Å². The second-order valence-corrected chi connectivity index (χ2v) is 6.80. The fraction of sp³-hybridized carbons (Fsp3) is 0.0909. The van der Waals surface area contributed by atoms with E-state index in [-0.39, 0.29) is 5.95 Å². The van der Waals surface area contributed by atoms with Crippen LogP contribution in [0.15, 0.2) is 79.4 Å². The summed E-state index contributed by atoms with van der Waals surface area (Å²) in [6.07, 6.45) is 0.0134. The average Bonchev–Trinajstić information content (AvgIpc) is 3.38. The number of aromatic nitrogens is 5. The van der Waals surface area contributed by atoms with E-state index >= 15 is 0 Å². The van der Waals surface area contributed by atoms with Gasteiger partial charge < -0.3 is 10.1 Å². The molecule has 0 bridgehead atoms. The lowest BCUT2D eigenvalue weighted by atomic mass is 10.0. The number of amides is 1. The zero-order valence-electron chi connectivity index (χ0n) is 17.2. The van der Waals surface area contributed by atoms with Crippen molar-refractivity contribution in [3.63, 3.8) is 0 Å². The van der Waals surface area contributed by atoms with Gasteiger partial charge in [-0.2, -0.15) is 23.3 Å². The van der Waals surface area contributed by atoms with E-state index in [2.05, 4.69) is 30.1 Å². The molecule has 0 spiro atoms. The lowest BCUT2D eigenvalue weighted by Gasteiger charge is -2.19. The number of halogens is 3. The van der Waals surface area contributed by atoms with Crippen molar-refractivity contribution in [2.45, 2.75) is 12.2 Å². The molecular formula is C22H15F3N6O3. The molecule has 1 aromatic carbocycles. The first-order valence-corrected chi connectivity index (χ1v) is 9.75. The van der Waals surface area contributed by atoms with Crippen LogP contribution in [0, 0.1) is 0 Å². The van der Waals surface area contributed by atoms with E-state index in [1.165, 1.54) is 24.7 Å². The Bertz CT molecular complexity index is 1240. The summed E-state index contributed by atoms with van der Waals surface area (Å²) in [7, 11) is 0. The Morgan fingerprint density at radius 3 is 2.38 bits per heavy atom. The molecule has 34 heavy (non-hydrogen) atoms. The van der Waals surface area contributed by atoms with Crippen LogP contribution in [-0.4, -0.2) is 42.8 Å². The summed E-state index contributed by atoms with van der Waals surface area (Å²) in [4.78, 5) is 36.7. The van der Waals surface area contributed by atoms with Crippen LogP contribution in [0.1, 0.15) is 27.7 Å². The molecule has 4 rings (SSSR count). The molecule has 3 aromatic heterocycles. The van der Waals surface area contributed by atoms with Crippen LogP contribution in [-0.2, 0) is 4.79 Å². The van der Waals surface area contributed by atoms with Crippen LogP contribution in [0.3, 0.4) is 0 Å². The molecule has 0 radical (unpaired) electrons. The summed E-state index contributed by atoms with van der Waals surface area (Å²) < 4.78 is 44.1. The molecule has 0 saturated carbocycles. The monoisotopic (exact) mass is 468 g/mol. The summed E-state index contributed by atoms with van der Waals surface area (Å²) >= 11 is 0. The average molecular weight is 468 g/mol. The highest BCUT2D eigenvalue weighted by atomic mass is 19.4. The third kappa shape index (κ3) is 5.06. The molecule has 1 atom stereocenters. The number of carbonyl (C=O) groups is 2. The summed E-state index contributed by atoms with van der Waals surface area (Å²) in [5.41, 5.74) is 0.660. The number of pyridine rings is 1. The van der Waals surface area contributed by atoms with Crippen molar-refractivity contribution in [3.05, 3.63) is 96.2 Å². The van der Waals surface area contributed by atoms with Crippen molar-refractivity contribution in [2.75, 3.05) is 0 Å². The van der Waals surface area contributed by atoms with Crippen LogP contribution < -0.4 is 10.1 Å². The third-order valence-electron chi connectivity index (χ3n) is 4.51. The minimum absolute atomic E-state index is 0.198. The number of rotatable bonds is 6. The standard InChI is InChI=1S/C22H15F3N6O3/c23-22(24,25)20(33)34-19-15(13-27-21(30-19)31-12-6-11-28-31)18(32)29-17(14-7-2-1-3-8-14)16-9-4-5-10-26-16/h1-13,17H,(H,29,32). The largest absolute Gasteiger partial charge is 0.491 e. The lowest BCUT2D eigenvalue weighted by Crippen LogP contribution is -2.33. The zero-order chi connectivity index (χ0) is 24.1. The maximum absolute atomic E-state index is 13.1. The molecule has 1 unspecified atom stereocenters. The highest BCUT2D eigenvalue weighted by Gasteiger charge is 2.42. The number of hydrogen-bond donors (Lipinski definition) is 1. The Hall–Kier alpha value is -4.61. The summed E-state index contributed by atoms with van der Waals surface area (Å²) in [6.45, 7) is 0. The molecule has 4 aromatic rings. The van der Waals surface area contributed by atoms with Crippen LogP contribution in [0.25, 0.3) is 5.95 Å². The van der Waals surface area contributed by atoms with Crippen molar-refractivity contribution in [3.8, 4) is 11.8 Å². The quantitative estimate of drug-likeness (QED) is 0.433. The third-order valence-corrected chi connectivity index (χ3v) is 4.51. The van der Waals surface area contributed by atoms with E-state index in [0.717, 1.165) is 10.9 Å². The van der Waals surface area contributed by atoms with Gasteiger partial charge in [0.2, 0.25) is 5.88 Å². The topological polar surface area (TPSA) is 112 Å². The molecule has 0 fully saturated rings. The van der Waals surface area contributed by atoms with Crippen molar-refractivity contribution < 1.29 is 27.5 Å². The minimum atomic E-state index is -5.30. The number of esters is 1. The number of nitrogens with one attached hydrogen (secondary N) is 1. The van der Waals surface area contributed by atoms with Gasteiger partial charge in [0.25, 0.3) is 11.9 Å². The second kappa shape index (κ2) is 9.48. The first kappa shape index (κ1) is 22.6. The molecule has 3 heterocycles. The maximum Gasteiger partial charge on any atom is 0.491 e. The Balaban J connectivity index is 1.71. The summed E-state index contributed by atoms with van der Waals surface area (Å²) in [6, 6.07) is 14.7. The van der Waals surface area contributed by atoms with Gasteiger partial charge in [0.05, 0.1) is 11.7 Å². The maximum atomic E-state index is 13.1. The van der Waals surface area contributed by atoms with E-state index in [9.17, 15) is 22.8 Å². The number of benzene rings is 1. The lowest BCUT2D eigenvalue weighted by molar-refractivity contribution is -0.190. The van der Waals surface area contributed by atoms with Crippen molar-refractivity contribution in [1.82, 2.24) is 30.0 Å². The Morgan fingerprint density at radius 2 is 1.74 bits per heavy atom. The van der Waals surface area contributed by atoms with E-state index in [1.54, 1.807) is 48.5 Å². The molecule has 12 heteroatoms. The van der Waals surface area contributed by atoms with E-state index in [0.29, 0.717) is 11.3 Å². The predicted molar refractivity (Wildman–Crippen MR) is 111 cm³/mol. The Kier molecular flexibility index (Phi) is 6.30. The van der Waals surface area contributed by atoms with E-state index in [1.807, 2.05) is 0 Å². The van der Waals surface area contributed by atoms with Crippen LogP contribution in [0.2, 0.25) is 0 Å². The fourth-order valence-electron chi connectivity index (χ4n) is 2.96. The normalized spacial score (nSPS) is 12.1. The van der Waals surface area contributed by atoms with E-state index in [4.69, 9.17) is 0 Å². The Morgan fingerprint density at radius 1 is 0.971 bits per heavy atom. The van der Waals surface area contributed by atoms with Gasteiger partial charge in [-0.3, -0.25) is 9.78 Å². The smallest absolute Gasteiger partial charge is 0.400 e. The van der Waals surface area contributed by atoms with Gasteiger partial charge in [0.15, 0.2) is 0 Å². The molecule has 1 amide bonds. The summed E-state index contributed by atoms with van der Waals surface area (Å²) in [5.74, 6) is -4.48. The number of ether oxygens (including phenoxy) is 1. The molecule has 0 saturated heterocycles. The van der Waals surface area contributed by atoms with Gasteiger partial charge in [-0.25, -0.2) is 14.5 Å². The molecule has 172 valence electrons. The SMILES string of the molecule is O=C(NC(c1ccccc1)c1ccccn1)c1cnc(-n2cccn2)nc1OC(=O)C(F)(F)F.